The van der Waals surface area contributed by atoms with E-state index in [1.165, 1.54) is 11.0 Å². The van der Waals surface area contributed by atoms with E-state index in [1.807, 2.05) is 31.2 Å². The third-order valence-corrected chi connectivity index (χ3v) is 5.73. The van der Waals surface area contributed by atoms with Crippen molar-refractivity contribution in [3.8, 4) is 0 Å². The van der Waals surface area contributed by atoms with Crippen molar-refractivity contribution in [2.45, 2.75) is 31.8 Å². The molecule has 0 aliphatic carbocycles. The average molecular weight is 403 g/mol. The van der Waals surface area contributed by atoms with Crippen LogP contribution in [0.4, 0.5) is 4.39 Å². The molecular weight excluding hydrogens is 381 g/mol. The average Bonchev–Trinajstić information content (AvgIpc) is 2.76. The van der Waals surface area contributed by atoms with E-state index >= 15 is 0 Å². The van der Waals surface area contributed by atoms with Gasteiger partial charge in [0.25, 0.3) is 5.91 Å². The summed E-state index contributed by atoms with van der Waals surface area (Å²) >= 11 is 0. The molecular formula is C25H22FNO3. The highest BCUT2D eigenvalue weighted by Crippen LogP contribution is 2.43. The van der Waals surface area contributed by atoms with Crippen molar-refractivity contribution in [3.05, 3.63) is 106 Å². The van der Waals surface area contributed by atoms with Gasteiger partial charge in [-0.1, -0.05) is 67.6 Å². The van der Waals surface area contributed by atoms with Gasteiger partial charge in [0.1, 0.15) is 11.7 Å². The van der Waals surface area contributed by atoms with Gasteiger partial charge in [0.15, 0.2) is 0 Å². The Balaban J connectivity index is 1.88. The Morgan fingerprint density at radius 3 is 2.33 bits per heavy atom. The molecule has 152 valence electrons. The van der Waals surface area contributed by atoms with Crippen LogP contribution in [0.2, 0.25) is 0 Å². The topological polar surface area (TPSA) is 57.6 Å². The Kier molecular flexibility index (Phi) is 5.36. The van der Waals surface area contributed by atoms with Crippen LogP contribution in [-0.4, -0.2) is 21.9 Å². The molecule has 2 unspecified atom stereocenters. The van der Waals surface area contributed by atoms with Crippen molar-refractivity contribution >= 4 is 11.9 Å². The first-order valence-corrected chi connectivity index (χ1v) is 9.96. The largest absolute Gasteiger partial charge is 0.481 e. The predicted molar refractivity (Wildman–Crippen MR) is 112 cm³/mol. The number of nitrogens with zero attached hydrogens (tertiary/aromatic N) is 1. The minimum absolute atomic E-state index is 0.0101. The lowest BCUT2D eigenvalue weighted by Gasteiger charge is -2.41. The van der Waals surface area contributed by atoms with Crippen LogP contribution in [0.15, 0.2) is 72.8 Å². The SMILES string of the molecule is CCc1ccc(C2C(C(=O)O)c3ccccc3C(=O)N2Cc2ccccc2F)cc1. The van der Waals surface area contributed by atoms with Gasteiger partial charge in [-0.2, -0.15) is 0 Å². The summed E-state index contributed by atoms with van der Waals surface area (Å²) in [5, 5.41) is 10.1. The van der Waals surface area contributed by atoms with Gasteiger partial charge >= 0.3 is 5.97 Å². The van der Waals surface area contributed by atoms with Gasteiger partial charge in [-0.15, -0.1) is 0 Å². The van der Waals surface area contributed by atoms with Crippen LogP contribution in [0.1, 0.15) is 51.5 Å². The Hall–Kier alpha value is -3.47. The zero-order valence-corrected chi connectivity index (χ0v) is 16.6. The maximum Gasteiger partial charge on any atom is 0.313 e. The molecule has 2 atom stereocenters. The molecule has 5 heteroatoms. The number of carbonyl (C=O) groups is 2. The van der Waals surface area contributed by atoms with E-state index in [-0.39, 0.29) is 12.5 Å². The van der Waals surface area contributed by atoms with Crippen molar-refractivity contribution in [2.24, 2.45) is 0 Å². The summed E-state index contributed by atoms with van der Waals surface area (Å²) in [7, 11) is 0. The van der Waals surface area contributed by atoms with Crippen molar-refractivity contribution in [1.82, 2.24) is 4.90 Å². The second-order valence-corrected chi connectivity index (χ2v) is 7.47. The Labute approximate surface area is 174 Å². The summed E-state index contributed by atoms with van der Waals surface area (Å²) in [4.78, 5) is 27.3. The van der Waals surface area contributed by atoms with E-state index < -0.39 is 23.7 Å². The summed E-state index contributed by atoms with van der Waals surface area (Å²) in [5.74, 6) is -2.68. The number of hydrogen-bond acceptors (Lipinski definition) is 2. The molecule has 0 bridgehead atoms. The zero-order valence-electron chi connectivity index (χ0n) is 16.6. The van der Waals surface area contributed by atoms with Gasteiger partial charge in [-0.3, -0.25) is 9.59 Å². The van der Waals surface area contributed by atoms with Gasteiger partial charge in [-0.25, -0.2) is 4.39 Å². The van der Waals surface area contributed by atoms with Crippen LogP contribution in [0.3, 0.4) is 0 Å². The minimum Gasteiger partial charge on any atom is -0.481 e. The van der Waals surface area contributed by atoms with Crippen molar-refractivity contribution < 1.29 is 19.1 Å². The molecule has 0 fully saturated rings. The third kappa shape index (κ3) is 3.47. The Morgan fingerprint density at radius 2 is 1.67 bits per heavy atom. The van der Waals surface area contributed by atoms with E-state index in [0.717, 1.165) is 17.5 Å². The number of amides is 1. The standard InChI is InChI=1S/C25H22FNO3/c1-2-16-11-13-17(14-12-16)23-22(25(29)30)19-8-4-5-9-20(19)24(28)27(23)15-18-7-3-6-10-21(18)26/h3-14,22-23H,2,15H2,1H3,(H,29,30). The summed E-state index contributed by atoms with van der Waals surface area (Å²) in [5.41, 5.74) is 3.03. The molecule has 0 saturated heterocycles. The molecule has 4 rings (SSSR count). The maximum absolute atomic E-state index is 14.4. The lowest BCUT2D eigenvalue weighted by atomic mass is 9.79. The fourth-order valence-electron chi connectivity index (χ4n) is 4.17. The second kappa shape index (κ2) is 8.11. The van der Waals surface area contributed by atoms with Crippen molar-refractivity contribution in [3.63, 3.8) is 0 Å². The molecule has 0 spiro atoms. The van der Waals surface area contributed by atoms with Crippen molar-refractivity contribution in [2.75, 3.05) is 0 Å². The van der Waals surface area contributed by atoms with E-state index in [9.17, 15) is 19.1 Å². The highest BCUT2D eigenvalue weighted by Gasteiger charge is 2.44. The lowest BCUT2D eigenvalue weighted by molar-refractivity contribution is -0.140. The lowest BCUT2D eigenvalue weighted by Crippen LogP contribution is -2.44. The van der Waals surface area contributed by atoms with Gasteiger partial charge in [-0.05, 0) is 35.2 Å². The molecule has 0 saturated carbocycles. The second-order valence-electron chi connectivity index (χ2n) is 7.47. The molecule has 1 amide bonds. The van der Waals surface area contributed by atoms with Gasteiger partial charge in [0.2, 0.25) is 0 Å². The third-order valence-electron chi connectivity index (χ3n) is 5.73. The van der Waals surface area contributed by atoms with E-state index in [2.05, 4.69) is 0 Å². The molecule has 0 radical (unpaired) electrons. The number of hydrogen-bond donors (Lipinski definition) is 1. The zero-order chi connectivity index (χ0) is 21.3. The Bertz CT molecular complexity index is 1090. The quantitative estimate of drug-likeness (QED) is 0.656. The number of carboxylic acid groups (broad SMARTS) is 1. The number of rotatable bonds is 5. The fraction of sp³-hybridized carbons (Fsp3) is 0.200. The molecule has 1 heterocycles. The van der Waals surface area contributed by atoms with Gasteiger partial charge in [0, 0.05) is 17.7 Å². The molecule has 3 aromatic rings. The van der Waals surface area contributed by atoms with Gasteiger partial charge in [0.05, 0.1) is 6.04 Å². The van der Waals surface area contributed by atoms with Crippen molar-refractivity contribution in [1.29, 1.82) is 0 Å². The number of aliphatic carboxylic acids is 1. The fourth-order valence-corrected chi connectivity index (χ4v) is 4.17. The number of carbonyl (C=O) groups excluding carboxylic acids is 1. The summed E-state index contributed by atoms with van der Waals surface area (Å²) in [6.07, 6.45) is 0.855. The van der Waals surface area contributed by atoms with Crippen LogP contribution >= 0.6 is 0 Å². The van der Waals surface area contributed by atoms with E-state index in [4.69, 9.17) is 0 Å². The molecule has 4 nitrogen and oxygen atoms in total. The first-order valence-electron chi connectivity index (χ1n) is 9.96. The monoisotopic (exact) mass is 403 g/mol. The summed E-state index contributed by atoms with van der Waals surface area (Å²) in [6, 6.07) is 19.9. The smallest absolute Gasteiger partial charge is 0.313 e. The normalized spacial score (nSPS) is 18.2. The van der Waals surface area contributed by atoms with Gasteiger partial charge < -0.3 is 10.0 Å². The molecule has 3 aromatic carbocycles. The number of aryl methyl sites for hydroxylation is 1. The maximum atomic E-state index is 14.4. The highest BCUT2D eigenvalue weighted by atomic mass is 19.1. The molecule has 0 aromatic heterocycles. The van der Waals surface area contributed by atoms with Crippen LogP contribution in [0.5, 0.6) is 0 Å². The molecule has 1 N–H and O–H groups in total. The molecule has 1 aliphatic heterocycles. The van der Waals surface area contributed by atoms with Crippen LogP contribution in [0, 0.1) is 5.82 Å². The predicted octanol–water partition coefficient (Wildman–Crippen LogP) is 4.95. The van der Waals surface area contributed by atoms with Crippen LogP contribution in [0.25, 0.3) is 0 Å². The van der Waals surface area contributed by atoms with E-state index in [1.54, 1.807) is 42.5 Å². The minimum atomic E-state index is -1.02. The molecule has 1 aliphatic rings. The molecule has 30 heavy (non-hydrogen) atoms. The number of benzene rings is 3. The first-order chi connectivity index (χ1) is 14.5. The first kappa shape index (κ1) is 19.8. The summed E-state index contributed by atoms with van der Waals surface area (Å²) < 4.78 is 14.4. The number of carboxylic acids is 1. The van der Waals surface area contributed by atoms with Crippen LogP contribution < -0.4 is 0 Å². The number of halogens is 1. The summed E-state index contributed by atoms with van der Waals surface area (Å²) in [6.45, 7) is 2.03. The highest BCUT2D eigenvalue weighted by molar-refractivity contribution is 6.00. The Morgan fingerprint density at radius 1 is 1.00 bits per heavy atom. The van der Waals surface area contributed by atoms with Crippen LogP contribution in [-0.2, 0) is 17.8 Å². The number of fused-ring (bicyclic) bond motifs is 1. The van der Waals surface area contributed by atoms with E-state index in [0.29, 0.717) is 16.7 Å².